The molecule has 33 heavy (non-hydrogen) atoms. The van der Waals surface area contributed by atoms with Gasteiger partial charge in [-0.25, -0.2) is 4.79 Å². The van der Waals surface area contributed by atoms with E-state index in [4.69, 9.17) is 0 Å². The highest BCUT2D eigenvalue weighted by Crippen LogP contribution is 2.30. The first-order valence-electron chi connectivity index (χ1n) is 12.8. The number of nitrogens with one attached hydrogen (secondary N) is 1. The van der Waals surface area contributed by atoms with Gasteiger partial charge >= 0.3 is 5.97 Å². The Morgan fingerprint density at radius 3 is 2.24 bits per heavy atom. The minimum absolute atomic E-state index is 0.0352. The molecule has 0 bridgehead atoms. The van der Waals surface area contributed by atoms with Crippen LogP contribution in [0.15, 0.2) is 11.6 Å². The van der Waals surface area contributed by atoms with Gasteiger partial charge in [0.1, 0.15) is 6.04 Å². The molecule has 0 aromatic rings. The van der Waals surface area contributed by atoms with E-state index in [2.05, 4.69) is 24.1 Å². The number of rotatable bonds is 10. The van der Waals surface area contributed by atoms with Gasteiger partial charge in [-0.1, -0.05) is 46.1 Å². The fourth-order valence-electron chi connectivity index (χ4n) is 5.36. The van der Waals surface area contributed by atoms with Crippen molar-refractivity contribution < 1.29 is 19.5 Å². The number of carboxylic acids is 1. The Hall–Kier alpha value is -1.89. The molecule has 2 aliphatic rings. The van der Waals surface area contributed by atoms with Crippen LogP contribution in [0.4, 0.5) is 0 Å². The van der Waals surface area contributed by atoms with E-state index in [1.165, 1.54) is 0 Å². The molecule has 0 aromatic carbocycles. The first-order chi connectivity index (χ1) is 15.6. The maximum Gasteiger partial charge on any atom is 0.331 e. The van der Waals surface area contributed by atoms with Crippen molar-refractivity contribution in [1.29, 1.82) is 0 Å². The quantitative estimate of drug-likeness (QED) is 0.481. The fourth-order valence-corrected chi connectivity index (χ4v) is 5.36. The van der Waals surface area contributed by atoms with Crippen LogP contribution < -0.4 is 5.32 Å². The Morgan fingerprint density at radius 1 is 1.09 bits per heavy atom. The van der Waals surface area contributed by atoms with E-state index in [1.807, 2.05) is 13.8 Å². The molecule has 7 heteroatoms. The molecule has 188 valence electrons. The molecule has 2 rings (SSSR count). The molecule has 1 unspecified atom stereocenters. The summed E-state index contributed by atoms with van der Waals surface area (Å²) >= 11 is 0. The molecule has 1 aliphatic carbocycles. The largest absolute Gasteiger partial charge is 0.478 e. The molecule has 1 aliphatic heterocycles. The summed E-state index contributed by atoms with van der Waals surface area (Å²) in [6.07, 6.45) is 9.61. The van der Waals surface area contributed by atoms with E-state index in [0.29, 0.717) is 6.04 Å². The number of hydrogen-bond acceptors (Lipinski definition) is 4. The second-order valence-corrected chi connectivity index (χ2v) is 10.4. The molecular weight excluding hydrogens is 418 g/mol. The summed E-state index contributed by atoms with van der Waals surface area (Å²) in [4.78, 5) is 42.6. The highest BCUT2D eigenvalue weighted by Gasteiger charge is 2.39. The molecule has 1 heterocycles. The fraction of sp³-hybridized carbons (Fsp3) is 0.808. The molecular formula is C26H45N3O4. The van der Waals surface area contributed by atoms with E-state index in [9.17, 15) is 19.5 Å². The molecule has 0 spiro atoms. The van der Waals surface area contributed by atoms with Crippen LogP contribution in [0.2, 0.25) is 0 Å². The number of hydrogen-bond donors (Lipinski definition) is 2. The second kappa shape index (κ2) is 12.5. The monoisotopic (exact) mass is 463 g/mol. The van der Waals surface area contributed by atoms with Crippen LogP contribution in [0.1, 0.15) is 86.0 Å². The third kappa shape index (κ3) is 7.05. The van der Waals surface area contributed by atoms with Crippen molar-refractivity contribution in [3.63, 3.8) is 0 Å². The van der Waals surface area contributed by atoms with Crippen molar-refractivity contribution in [3.05, 3.63) is 11.6 Å². The predicted molar refractivity (Wildman–Crippen MR) is 131 cm³/mol. The number of likely N-dealkylation sites (N-methyl/N-ethyl adjacent to an activating group) is 1. The third-order valence-electron chi connectivity index (χ3n) is 7.67. The van der Waals surface area contributed by atoms with E-state index < -0.39 is 12.0 Å². The Kier molecular flexibility index (Phi) is 10.4. The van der Waals surface area contributed by atoms with Crippen molar-refractivity contribution in [1.82, 2.24) is 15.1 Å². The van der Waals surface area contributed by atoms with E-state index in [0.717, 1.165) is 57.9 Å². The molecule has 1 saturated heterocycles. The van der Waals surface area contributed by atoms with Gasteiger partial charge < -0.3 is 15.3 Å². The standard InChI is InChI=1S/C26H45N3O4/c1-7-19(5)29-15-11-10-14-21(29)24(30)27-23(20-12-8-9-13-20)25(31)28(6)22(17(2)3)16-18(4)26(32)33/h16-17,19-23H,7-15H2,1-6H3,(H,27,30)(H,32,33)/b18-16+/t19?,21-,22-,23+/m1/s1. The van der Waals surface area contributed by atoms with Crippen LogP contribution in [0, 0.1) is 11.8 Å². The maximum atomic E-state index is 13.7. The number of carbonyl (C=O) groups excluding carboxylic acids is 2. The van der Waals surface area contributed by atoms with Crippen molar-refractivity contribution in [2.45, 2.75) is 110 Å². The van der Waals surface area contributed by atoms with Gasteiger partial charge in [-0.15, -0.1) is 0 Å². The summed E-state index contributed by atoms with van der Waals surface area (Å²) in [7, 11) is 1.73. The molecule has 4 atom stereocenters. The van der Waals surface area contributed by atoms with Crippen molar-refractivity contribution >= 4 is 17.8 Å². The van der Waals surface area contributed by atoms with Gasteiger partial charge in [-0.2, -0.15) is 0 Å². The predicted octanol–water partition coefficient (Wildman–Crippen LogP) is 3.83. The summed E-state index contributed by atoms with van der Waals surface area (Å²) in [5.41, 5.74) is 0.223. The number of nitrogens with zero attached hydrogens (tertiary/aromatic N) is 2. The Morgan fingerprint density at radius 2 is 1.70 bits per heavy atom. The highest BCUT2D eigenvalue weighted by molar-refractivity contribution is 5.90. The number of carbonyl (C=O) groups is 3. The zero-order valence-corrected chi connectivity index (χ0v) is 21.5. The normalized spacial score (nSPS) is 23.2. The van der Waals surface area contributed by atoms with Crippen LogP contribution in [0.25, 0.3) is 0 Å². The van der Waals surface area contributed by atoms with Crippen LogP contribution in [-0.2, 0) is 14.4 Å². The lowest BCUT2D eigenvalue weighted by atomic mass is 9.93. The topological polar surface area (TPSA) is 90.0 Å². The smallest absolute Gasteiger partial charge is 0.331 e. The zero-order valence-electron chi connectivity index (χ0n) is 21.5. The van der Waals surface area contributed by atoms with E-state index >= 15 is 0 Å². The average Bonchev–Trinajstić information content (AvgIpc) is 3.33. The molecule has 0 aromatic heterocycles. The first kappa shape index (κ1) is 27.4. The Labute approximate surface area is 200 Å². The number of piperidine rings is 1. The third-order valence-corrected chi connectivity index (χ3v) is 7.67. The lowest BCUT2D eigenvalue weighted by Crippen LogP contribution is -2.59. The SMILES string of the molecule is CCC(C)N1CCCC[C@@H]1C(=O)N[C@H](C(=O)N(C)[C@H](/C=C(\C)C(=O)O)C(C)C)C1CCCC1. The van der Waals surface area contributed by atoms with Crippen LogP contribution in [0.3, 0.4) is 0 Å². The van der Waals surface area contributed by atoms with Crippen molar-refractivity contribution in [2.75, 3.05) is 13.6 Å². The lowest BCUT2D eigenvalue weighted by molar-refractivity contribution is -0.140. The number of aliphatic carboxylic acids is 1. The molecule has 7 nitrogen and oxygen atoms in total. The lowest BCUT2D eigenvalue weighted by Gasteiger charge is -2.40. The number of likely N-dealkylation sites (tertiary alicyclic amines) is 1. The van der Waals surface area contributed by atoms with Gasteiger partial charge in [0, 0.05) is 18.7 Å². The van der Waals surface area contributed by atoms with E-state index in [1.54, 1.807) is 24.9 Å². The van der Waals surface area contributed by atoms with Crippen molar-refractivity contribution in [2.24, 2.45) is 11.8 Å². The van der Waals surface area contributed by atoms with Gasteiger partial charge in [-0.05, 0) is 64.3 Å². The maximum absolute atomic E-state index is 13.7. The number of carboxylic acid groups (broad SMARTS) is 1. The summed E-state index contributed by atoms with van der Waals surface area (Å²) in [6.45, 7) is 10.8. The summed E-state index contributed by atoms with van der Waals surface area (Å²) in [6, 6.07) is -0.768. The average molecular weight is 464 g/mol. The molecule has 2 amide bonds. The van der Waals surface area contributed by atoms with Gasteiger partial charge in [0.2, 0.25) is 11.8 Å². The van der Waals surface area contributed by atoms with Crippen molar-refractivity contribution in [3.8, 4) is 0 Å². The highest BCUT2D eigenvalue weighted by atomic mass is 16.4. The van der Waals surface area contributed by atoms with Crippen LogP contribution >= 0.6 is 0 Å². The van der Waals surface area contributed by atoms with Gasteiger partial charge in [0.25, 0.3) is 0 Å². The Bertz CT molecular complexity index is 714. The Balaban J connectivity index is 2.26. The summed E-state index contributed by atoms with van der Waals surface area (Å²) in [5, 5.41) is 12.5. The summed E-state index contributed by atoms with van der Waals surface area (Å²) in [5.74, 6) is -0.958. The first-order valence-corrected chi connectivity index (χ1v) is 12.8. The van der Waals surface area contributed by atoms with Gasteiger partial charge in [0.05, 0.1) is 12.1 Å². The zero-order chi connectivity index (χ0) is 24.7. The van der Waals surface area contributed by atoms with E-state index in [-0.39, 0.29) is 41.3 Å². The molecule has 2 N–H and O–H groups in total. The molecule has 0 radical (unpaired) electrons. The van der Waals surface area contributed by atoms with Gasteiger partial charge in [-0.3, -0.25) is 14.5 Å². The second-order valence-electron chi connectivity index (χ2n) is 10.4. The molecule has 1 saturated carbocycles. The molecule has 2 fully saturated rings. The van der Waals surface area contributed by atoms with Crippen LogP contribution in [0.5, 0.6) is 0 Å². The van der Waals surface area contributed by atoms with Gasteiger partial charge in [0.15, 0.2) is 0 Å². The summed E-state index contributed by atoms with van der Waals surface area (Å²) < 4.78 is 0. The minimum Gasteiger partial charge on any atom is -0.478 e. The minimum atomic E-state index is -0.982. The number of amides is 2. The van der Waals surface area contributed by atoms with Crippen LogP contribution in [-0.4, -0.2) is 70.4 Å².